The van der Waals surface area contributed by atoms with Crippen LogP contribution in [0, 0.1) is 0 Å². The molecule has 0 aliphatic carbocycles. The minimum Gasteiger partial charge on any atom is -0.478 e. The maximum absolute atomic E-state index is 12.8. The van der Waals surface area contributed by atoms with Gasteiger partial charge in [0.1, 0.15) is 0 Å². The molecular formula is C13H13F3O3S. The van der Waals surface area contributed by atoms with Crippen LogP contribution in [0.4, 0.5) is 13.2 Å². The lowest BCUT2D eigenvalue weighted by Crippen LogP contribution is -2.13. The zero-order chi connectivity index (χ0) is 14.8. The summed E-state index contributed by atoms with van der Waals surface area (Å²) in [5, 5.41) is 8.80. The van der Waals surface area contributed by atoms with Gasteiger partial charge in [0.15, 0.2) is 0 Å². The Balaban J connectivity index is 2.16. The second kappa shape index (κ2) is 6.05. The number of hydrogen-bond acceptors (Lipinski definition) is 3. The standard InChI is InChI=1S/C13H13F3O3S/c14-13(15,16)11-6-9(3-4-10(11)12(17)18)20-7-8-2-1-5-19-8/h3-4,6,8H,1-2,5,7H2,(H,17,18). The van der Waals surface area contributed by atoms with Crippen LogP contribution in [0.1, 0.15) is 28.8 Å². The number of thioether (sulfide) groups is 1. The van der Waals surface area contributed by atoms with Crippen LogP contribution < -0.4 is 0 Å². The molecule has 2 rings (SSSR count). The summed E-state index contributed by atoms with van der Waals surface area (Å²) in [5.41, 5.74) is -1.83. The summed E-state index contributed by atoms with van der Waals surface area (Å²) in [6, 6.07) is 3.30. The van der Waals surface area contributed by atoms with Crippen molar-refractivity contribution < 1.29 is 27.8 Å². The van der Waals surface area contributed by atoms with Crippen molar-refractivity contribution in [3.63, 3.8) is 0 Å². The van der Waals surface area contributed by atoms with Gasteiger partial charge in [-0.05, 0) is 31.0 Å². The summed E-state index contributed by atoms with van der Waals surface area (Å²) in [7, 11) is 0. The van der Waals surface area contributed by atoms with Gasteiger partial charge in [-0.25, -0.2) is 4.79 Å². The van der Waals surface area contributed by atoms with Crippen molar-refractivity contribution in [2.24, 2.45) is 0 Å². The third-order valence-corrected chi connectivity index (χ3v) is 4.11. The summed E-state index contributed by atoms with van der Waals surface area (Å²) in [4.78, 5) is 11.2. The number of benzene rings is 1. The molecule has 1 aliphatic heterocycles. The SMILES string of the molecule is O=C(O)c1ccc(SCC2CCCO2)cc1C(F)(F)F. The first-order valence-corrected chi connectivity index (χ1v) is 7.05. The zero-order valence-corrected chi connectivity index (χ0v) is 11.3. The lowest BCUT2D eigenvalue weighted by molar-refractivity contribution is -0.138. The van der Waals surface area contributed by atoms with Crippen molar-refractivity contribution >= 4 is 17.7 Å². The monoisotopic (exact) mass is 306 g/mol. The molecule has 1 aromatic carbocycles. The first-order chi connectivity index (χ1) is 9.38. The van der Waals surface area contributed by atoms with Crippen LogP contribution in [0.3, 0.4) is 0 Å². The fourth-order valence-corrected chi connectivity index (χ4v) is 3.01. The second-order valence-corrected chi connectivity index (χ2v) is 5.55. The molecular weight excluding hydrogens is 293 g/mol. The molecule has 1 unspecified atom stereocenters. The van der Waals surface area contributed by atoms with Crippen LogP contribution in [0.25, 0.3) is 0 Å². The molecule has 0 saturated carbocycles. The van der Waals surface area contributed by atoms with E-state index in [2.05, 4.69) is 0 Å². The van der Waals surface area contributed by atoms with Crippen LogP contribution in [0.2, 0.25) is 0 Å². The fourth-order valence-electron chi connectivity index (χ4n) is 2.00. The minimum absolute atomic E-state index is 0.0634. The summed E-state index contributed by atoms with van der Waals surface area (Å²) < 4.78 is 43.9. The summed E-state index contributed by atoms with van der Waals surface area (Å²) in [6.07, 6.45) is -2.73. The second-order valence-electron chi connectivity index (χ2n) is 4.46. The van der Waals surface area contributed by atoms with E-state index < -0.39 is 23.3 Å². The number of halogens is 3. The van der Waals surface area contributed by atoms with Crippen molar-refractivity contribution in [1.82, 2.24) is 0 Å². The quantitative estimate of drug-likeness (QED) is 0.862. The van der Waals surface area contributed by atoms with Gasteiger partial charge in [0.25, 0.3) is 0 Å². The van der Waals surface area contributed by atoms with Gasteiger partial charge in [0.2, 0.25) is 0 Å². The molecule has 1 saturated heterocycles. The molecule has 0 spiro atoms. The van der Waals surface area contributed by atoms with Crippen molar-refractivity contribution in [1.29, 1.82) is 0 Å². The van der Waals surface area contributed by atoms with Crippen LogP contribution in [-0.2, 0) is 10.9 Å². The molecule has 1 aromatic rings. The van der Waals surface area contributed by atoms with E-state index in [1.165, 1.54) is 17.8 Å². The number of carboxylic acids is 1. The Kier molecular flexibility index (Phi) is 4.59. The van der Waals surface area contributed by atoms with Crippen LogP contribution >= 0.6 is 11.8 Å². The molecule has 0 aromatic heterocycles. The predicted molar refractivity (Wildman–Crippen MR) is 68.1 cm³/mol. The first kappa shape index (κ1) is 15.2. The molecule has 0 radical (unpaired) electrons. The van der Waals surface area contributed by atoms with Crippen molar-refractivity contribution in [3.8, 4) is 0 Å². The topological polar surface area (TPSA) is 46.5 Å². The van der Waals surface area contributed by atoms with Gasteiger partial charge in [-0.1, -0.05) is 0 Å². The number of hydrogen-bond donors (Lipinski definition) is 1. The lowest BCUT2D eigenvalue weighted by atomic mass is 10.1. The Morgan fingerprint density at radius 3 is 2.75 bits per heavy atom. The van der Waals surface area contributed by atoms with E-state index in [1.54, 1.807) is 0 Å². The van der Waals surface area contributed by atoms with Gasteiger partial charge in [-0.2, -0.15) is 13.2 Å². The van der Waals surface area contributed by atoms with Gasteiger partial charge in [-0.15, -0.1) is 11.8 Å². The predicted octanol–water partition coefficient (Wildman–Crippen LogP) is 3.67. The highest BCUT2D eigenvalue weighted by Crippen LogP contribution is 2.35. The number of carbonyl (C=O) groups is 1. The van der Waals surface area contributed by atoms with Crippen molar-refractivity contribution in [3.05, 3.63) is 29.3 Å². The van der Waals surface area contributed by atoms with E-state index in [-0.39, 0.29) is 6.10 Å². The Morgan fingerprint density at radius 1 is 1.45 bits per heavy atom. The normalized spacial score (nSPS) is 19.2. The van der Waals surface area contributed by atoms with E-state index in [0.29, 0.717) is 17.3 Å². The molecule has 0 bridgehead atoms. The van der Waals surface area contributed by atoms with Gasteiger partial charge in [0.05, 0.1) is 17.2 Å². The van der Waals surface area contributed by atoms with Crippen molar-refractivity contribution in [2.45, 2.75) is 30.0 Å². The molecule has 7 heteroatoms. The van der Waals surface area contributed by atoms with Crippen LogP contribution in [0.15, 0.2) is 23.1 Å². The largest absolute Gasteiger partial charge is 0.478 e. The first-order valence-electron chi connectivity index (χ1n) is 6.07. The Hall–Kier alpha value is -1.21. The summed E-state index contributed by atoms with van der Waals surface area (Å²) in [6.45, 7) is 0.691. The van der Waals surface area contributed by atoms with E-state index in [9.17, 15) is 18.0 Å². The maximum atomic E-state index is 12.8. The molecule has 0 amide bonds. The molecule has 1 aliphatic rings. The Bertz CT molecular complexity index is 496. The fraction of sp³-hybridized carbons (Fsp3) is 0.462. The van der Waals surface area contributed by atoms with E-state index in [1.807, 2.05) is 0 Å². The third kappa shape index (κ3) is 3.67. The molecule has 20 heavy (non-hydrogen) atoms. The average molecular weight is 306 g/mol. The summed E-state index contributed by atoms with van der Waals surface area (Å²) in [5.74, 6) is -1.00. The van der Waals surface area contributed by atoms with Gasteiger partial charge < -0.3 is 9.84 Å². The number of carboxylic acid groups (broad SMARTS) is 1. The number of aromatic carboxylic acids is 1. The summed E-state index contributed by atoms with van der Waals surface area (Å²) >= 11 is 1.25. The van der Waals surface area contributed by atoms with Gasteiger partial charge in [0, 0.05) is 17.3 Å². The molecule has 110 valence electrons. The highest BCUT2D eigenvalue weighted by atomic mass is 32.2. The Morgan fingerprint density at radius 2 is 2.20 bits per heavy atom. The minimum atomic E-state index is -4.67. The molecule has 1 heterocycles. The lowest BCUT2D eigenvalue weighted by Gasteiger charge is -2.13. The number of alkyl halides is 3. The van der Waals surface area contributed by atoms with Gasteiger partial charge >= 0.3 is 12.1 Å². The highest BCUT2D eigenvalue weighted by molar-refractivity contribution is 7.99. The molecule has 1 N–H and O–H groups in total. The molecule has 1 atom stereocenters. The third-order valence-electron chi connectivity index (χ3n) is 2.99. The Labute approximate surface area is 118 Å². The van der Waals surface area contributed by atoms with Crippen LogP contribution in [0.5, 0.6) is 0 Å². The number of ether oxygens (including phenoxy) is 1. The average Bonchev–Trinajstić information content (AvgIpc) is 2.88. The maximum Gasteiger partial charge on any atom is 0.417 e. The zero-order valence-electron chi connectivity index (χ0n) is 10.4. The number of rotatable bonds is 4. The highest BCUT2D eigenvalue weighted by Gasteiger charge is 2.35. The molecule has 1 fully saturated rings. The van der Waals surface area contributed by atoms with Crippen LogP contribution in [-0.4, -0.2) is 29.5 Å². The van der Waals surface area contributed by atoms with Crippen molar-refractivity contribution in [2.75, 3.05) is 12.4 Å². The van der Waals surface area contributed by atoms with Gasteiger partial charge in [-0.3, -0.25) is 0 Å². The molecule has 3 nitrogen and oxygen atoms in total. The smallest absolute Gasteiger partial charge is 0.417 e. The van der Waals surface area contributed by atoms with E-state index in [4.69, 9.17) is 9.84 Å². The van der Waals surface area contributed by atoms with E-state index in [0.717, 1.165) is 25.0 Å². The van der Waals surface area contributed by atoms with E-state index >= 15 is 0 Å².